The molecule has 0 radical (unpaired) electrons. The van der Waals surface area contributed by atoms with Gasteiger partial charge in [-0.05, 0) is 50.2 Å². The number of benzene rings is 1. The molecule has 1 saturated heterocycles. The smallest absolute Gasteiger partial charge is 0.293 e. The molecule has 1 aliphatic carbocycles. The van der Waals surface area contributed by atoms with E-state index in [2.05, 4.69) is 15.5 Å². The Kier molecular flexibility index (Phi) is 4.60. The Hall–Kier alpha value is -2.84. The van der Waals surface area contributed by atoms with Gasteiger partial charge in [0, 0.05) is 13.1 Å². The van der Waals surface area contributed by atoms with Crippen LogP contribution in [0.5, 0.6) is 0 Å². The number of piperidine rings is 1. The zero-order valence-corrected chi connectivity index (χ0v) is 15.4. The van der Waals surface area contributed by atoms with Gasteiger partial charge in [-0.25, -0.2) is 8.78 Å². The first-order valence-corrected chi connectivity index (χ1v) is 9.26. The molecule has 4 rings (SSSR count). The normalized spacial score (nSPS) is 18.8. The van der Waals surface area contributed by atoms with E-state index >= 15 is 0 Å². The minimum Gasteiger partial charge on any atom is -0.341 e. The zero-order chi connectivity index (χ0) is 19.9. The van der Waals surface area contributed by atoms with Crippen LogP contribution in [-0.4, -0.2) is 46.0 Å². The molecule has 2 amide bonds. The number of likely N-dealkylation sites (tertiary alicyclic amines) is 1. The molecule has 2 fully saturated rings. The summed E-state index contributed by atoms with van der Waals surface area (Å²) in [7, 11) is 0. The molecule has 2 aliphatic rings. The number of aromatic nitrogens is 2. The number of halogens is 2. The third-order valence-electron chi connectivity index (χ3n) is 5.62. The van der Waals surface area contributed by atoms with Crippen LogP contribution in [0.4, 0.5) is 8.78 Å². The highest BCUT2D eigenvalue weighted by Gasteiger charge is 2.45. The topological polar surface area (TPSA) is 88.3 Å². The van der Waals surface area contributed by atoms with Crippen LogP contribution in [0.25, 0.3) is 11.5 Å². The van der Waals surface area contributed by atoms with Gasteiger partial charge in [-0.15, -0.1) is 0 Å². The van der Waals surface area contributed by atoms with Crippen LogP contribution in [-0.2, 0) is 4.79 Å². The summed E-state index contributed by atoms with van der Waals surface area (Å²) in [5.41, 5.74) is 0.217. The molecule has 9 heteroatoms. The lowest BCUT2D eigenvalue weighted by Crippen LogP contribution is -2.49. The first-order valence-electron chi connectivity index (χ1n) is 9.26. The van der Waals surface area contributed by atoms with E-state index in [4.69, 9.17) is 4.52 Å². The number of hydrogen-bond acceptors (Lipinski definition) is 5. The van der Waals surface area contributed by atoms with Crippen LogP contribution in [0.1, 0.15) is 43.2 Å². The second-order valence-electron chi connectivity index (χ2n) is 7.54. The first kappa shape index (κ1) is 18.5. The van der Waals surface area contributed by atoms with Gasteiger partial charge in [-0.3, -0.25) is 9.59 Å². The summed E-state index contributed by atoms with van der Waals surface area (Å²) >= 11 is 0. The molecule has 1 atom stereocenters. The standard InChI is InChI=1S/C19H20F2N4O3/c1-11(18(27)25-9-7-19(5-6-19)8-10-25)22-16(26)15-23-17(28-24-15)12-3-2-4-13(20)14(12)21/h2-4,11H,5-10H2,1H3,(H,22,26)/t11-/m0/s1. The second-order valence-corrected chi connectivity index (χ2v) is 7.54. The summed E-state index contributed by atoms with van der Waals surface area (Å²) in [6, 6.07) is 2.77. The van der Waals surface area contributed by atoms with E-state index in [1.807, 2.05) is 0 Å². The van der Waals surface area contributed by atoms with Gasteiger partial charge in [0.1, 0.15) is 6.04 Å². The summed E-state index contributed by atoms with van der Waals surface area (Å²) in [4.78, 5) is 30.5. The average molecular weight is 390 g/mol. The van der Waals surface area contributed by atoms with Crippen molar-refractivity contribution in [2.45, 2.75) is 38.6 Å². The van der Waals surface area contributed by atoms with Gasteiger partial charge in [0.15, 0.2) is 11.6 Å². The molecule has 0 unspecified atom stereocenters. The molecular formula is C19H20F2N4O3. The third kappa shape index (κ3) is 3.48. The van der Waals surface area contributed by atoms with Crippen LogP contribution < -0.4 is 5.32 Å². The molecule has 1 aliphatic heterocycles. The molecule has 1 N–H and O–H groups in total. The predicted molar refractivity (Wildman–Crippen MR) is 94.1 cm³/mol. The third-order valence-corrected chi connectivity index (χ3v) is 5.62. The van der Waals surface area contributed by atoms with Crippen molar-refractivity contribution in [2.24, 2.45) is 5.41 Å². The molecule has 2 aromatic rings. The van der Waals surface area contributed by atoms with Crippen LogP contribution in [0.15, 0.2) is 22.7 Å². The maximum atomic E-state index is 13.8. The quantitative estimate of drug-likeness (QED) is 0.867. The Bertz CT molecular complexity index is 916. The van der Waals surface area contributed by atoms with Gasteiger partial charge in [0.05, 0.1) is 5.56 Å². The van der Waals surface area contributed by atoms with E-state index in [0.29, 0.717) is 18.5 Å². The molecule has 0 bridgehead atoms. The number of amides is 2. The fourth-order valence-electron chi connectivity index (χ4n) is 3.57. The van der Waals surface area contributed by atoms with Crippen molar-refractivity contribution in [3.05, 3.63) is 35.7 Å². The first-order chi connectivity index (χ1) is 13.4. The molecule has 148 valence electrons. The van der Waals surface area contributed by atoms with Crippen molar-refractivity contribution in [1.82, 2.24) is 20.4 Å². The highest BCUT2D eigenvalue weighted by atomic mass is 19.2. The zero-order valence-electron chi connectivity index (χ0n) is 15.4. The SMILES string of the molecule is C[C@H](NC(=O)c1noc(-c2cccc(F)c2F)n1)C(=O)N1CCC2(CC1)CC2. The number of carbonyl (C=O) groups is 2. The monoisotopic (exact) mass is 390 g/mol. The lowest BCUT2D eigenvalue weighted by atomic mass is 9.93. The van der Waals surface area contributed by atoms with Gasteiger partial charge < -0.3 is 14.7 Å². The van der Waals surface area contributed by atoms with Gasteiger partial charge in [-0.2, -0.15) is 4.98 Å². The molecule has 1 aromatic carbocycles. The van der Waals surface area contributed by atoms with E-state index in [-0.39, 0.29) is 23.2 Å². The largest absolute Gasteiger partial charge is 0.341 e. The van der Waals surface area contributed by atoms with Gasteiger partial charge in [-0.1, -0.05) is 11.2 Å². The van der Waals surface area contributed by atoms with E-state index in [0.717, 1.165) is 18.9 Å². The Morgan fingerprint density at radius 3 is 2.61 bits per heavy atom. The minimum atomic E-state index is -1.14. The summed E-state index contributed by atoms with van der Waals surface area (Å²) < 4.78 is 32.0. The van der Waals surface area contributed by atoms with Crippen molar-refractivity contribution in [3.63, 3.8) is 0 Å². The lowest BCUT2D eigenvalue weighted by molar-refractivity contribution is -0.134. The Labute approximate surface area is 160 Å². The molecule has 1 spiro atoms. The summed E-state index contributed by atoms with van der Waals surface area (Å²) in [6.07, 6.45) is 4.50. The van der Waals surface area contributed by atoms with Crippen LogP contribution >= 0.6 is 0 Å². The summed E-state index contributed by atoms with van der Waals surface area (Å²) in [5.74, 6) is -3.75. The molecule has 2 heterocycles. The van der Waals surface area contributed by atoms with Crippen LogP contribution in [0.3, 0.4) is 0 Å². The average Bonchev–Trinajstić information content (AvgIpc) is 3.25. The highest BCUT2D eigenvalue weighted by Crippen LogP contribution is 2.53. The molecule has 7 nitrogen and oxygen atoms in total. The molecule has 28 heavy (non-hydrogen) atoms. The van der Waals surface area contributed by atoms with Crippen molar-refractivity contribution in [1.29, 1.82) is 0 Å². The van der Waals surface area contributed by atoms with E-state index in [1.165, 1.54) is 25.0 Å². The number of nitrogens with one attached hydrogen (secondary N) is 1. The Balaban J connectivity index is 1.39. The second kappa shape index (κ2) is 6.96. The number of hydrogen-bond donors (Lipinski definition) is 1. The van der Waals surface area contributed by atoms with E-state index < -0.39 is 23.6 Å². The Morgan fingerprint density at radius 2 is 1.93 bits per heavy atom. The van der Waals surface area contributed by atoms with Gasteiger partial charge in [0.25, 0.3) is 17.6 Å². The van der Waals surface area contributed by atoms with Crippen molar-refractivity contribution < 1.29 is 22.9 Å². The summed E-state index contributed by atoms with van der Waals surface area (Å²) in [5, 5.41) is 6.04. The van der Waals surface area contributed by atoms with Crippen molar-refractivity contribution >= 4 is 11.8 Å². The number of rotatable bonds is 4. The maximum absolute atomic E-state index is 13.8. The highest BCUT2D eigenvalue weighted by molar-refractivity contribution is 5.94. The molecule has 1 saturated carbocycles. The van der Waals surface area contributed by atoms with Crippen molar-refractivity contribution in [3.8, 4) is 11.5 Å². The molecular weight excluding hydrogens is 370 g/mol. The predicted octanol–water partition coefficient (Wildman–Crippen LogP) is 2.54. The van der Waals surface area contributed by atoms with Crippen molar-refractivity contribution in [2.75, 3.05) is 13.1 Å². The number of nitrogens with zero attached hydrogens (tertiary/aromatic N) is 3. The number of carbonyl (C=O) groups excluding carboxylic acids is 2. The molecule has 1 aromatic heterocycles. The fraction of sp³-hybridized carbons (Fsp3) is 0.474. The Morgan fingerprint density at radius 1 is 1.21 bits per heavy atom. The van der Waals surface area contributed by atoms with Crippen LogP contribution in [0.2, 0.25) is 0 Å². The fourth-order valence-corrected chi connectivity index (χ4v) is 3.57. The minimum absolute atomic E-state index is 0.163. The van der Waals surface area contributed by atoms with E-state index in [9.17, 15) is 18.4 Å². The van der Waals surface area contributed by atoms with Gasteiger partial charge in [0.2, 0.25) is 5.91 Å². The maximum Gasteiger partial charge on any atom is 0.293 e. The van der Waals surface area contributed by atoms with Crippen LogP contribution in [0, 0.1) is 17.0 Å². The lowest BCUT2D eigenvalue weighted by Gasteiger charge is -2.33. The van der Waals surface area contributed by atoms with E-state index in [1.54, 1.807) is 11.8 Å². The summed E-state index contributed by atoms with van der Waals surface area (Å²) in [6.45, 7) is 2.99. The van der Waals surface area contributed by atoms with Gasteiger partial charge >= 0.3 is 0 Å².